The molecule has 0 amide bonds. The third-order valence-corrected chi connectivity index (χ3v) is 2.30. The largest absolute Gasteiger partial charge is 0.253 e. The fourth-order valence-electron chi connectivity index (χ4n) is 1.31. The van der Waals surface area contributed by atoms with Crippen molar-refractivity contribution in [3.63, 3.8) is 0 Å². The summed E-state index contributed by atoms with van der Waals surface area (Å²) in [6, 6.07) is 4.08. The van der Waals surface area contributed by atoms with E-state index < -0.39 is 0 Å². The van der Waals surface area contributed by atoms with Crippen molar-refractivity contribution in [1.29, 1.82) is 0 Å². The standard InChI is InChI=1S/C13H17N/c1-6-13-12(11(5)9(2)3)8-7-10(4)14-13/h6-9H,1,5H2,2-4H3. The molecule has 14 heavy (non-hydrogen) atoms. The molecule has 1 heterocycles. The fraction of sp³-hybridized carbons (Fsp3) is 0.308. The second kappa shape index (κ2) is 4.23. The van der Waals surface area contributed by atoms with Crippen LogP contribution in [0.1, 0.15) is 30.8 Å². The monoisotopic (exact) mass is 187 g/mol. The van der Waals surface area contributed by atoms with E-state index in [1.54, 1.807) is 6.08 Å². The number of aromatic nitrogens is 1. The second-order valence-corrected chi connectivity index (χ2v) is 3.77. The summed E-state index contributed by atoms with van der Waals surface area (Å²) in [5.74, 6) is 0.443. The molecule has 0 radical (unpaired) electrons. The highest BCUT2D eigenvalue weighted by Gasteiger charge is 2.08. The highest BCUT2D eigenvalue weighted by molar-refractivity contribution is 5.71. The molecule has 0 aromatic carbocycles. The predicted molar refractivity (Wildman–Crippen MR) is 62.9 cm³/mol. The van der Waals surface area contributed by atoms with Crippen molar-refractivity contribution in [3.05, 3.63) is 42.2 Å². The van der Waals surface area contributed by atoms with E-state index in [0.717, 1.165) is 22.5 Å². The van der Waals surface area contributed by atoms with E-state index in [2.05, 4.69) is 38.1 Å². The zero-order valence-corrected chi connectivity index (χ0v) is 9.17. The van der Waals surface area contributed by atoms with Crippen LogP contribution in [0.5, 0.6) is 0 Å². The van der Waals surface area contributed by atoms with Gasteiger partial charge >= 0.3 is 0 Å². The van der Waals surface area contributed by atoms with Crippen LogP contribution in [-0.2, 0) is 0 Å². The van der Waals surface area contributed by atoms with Gasteiger partial charge in [-0.2, -0.15) is 0 Å². The average Bonchev–Trinajstić information content (AvgIpc) is 2.16. The molecular weight excluding hydrogens is 170 g/mol. The van der Waals surface area contributed by atoms with Gasteiger partial charge in [0.15, 0.2) is 0 Å². The Morgan fingerprint density at radius 1 is 1.43 bits per heavy atom. The summed E-state index contributed by atoms with van der Waals surface area (Å²) >= 11 is 0. The minimum Gasteiger partial charge on any atom is -0.253 e. The van der Waals surface area contributed by atoms with Crippen LogP contribution < -0.4 is 0 Å². The molecule has 1 aromatic heterocycles. The van der Waals surface area contributed by atoms with E-state index in [1.165, 1.54) is 0 Å². The first-order valence-corrected chi connectivity index (χ1v) is 4.85. The average molecular weight is 187 g/mol. The van der Waals surface area contributed by atoms with Gasteiger partial charge in [0.25, 0.3) is 0 Å². The first kappa shape index (κ1) is 10.7. The minimum absolute atomic E-state index is 0.443. The van der Waals surface area contributed by atoms with Crippen LogP contribution in [0.3, 0.4) is 0 Å². The lowest BCUT2D eigenvalue weighted by Crippen LogP contribution is -1.98. The van der Waals surface area contributed by atoms with Crippen molar-refractivity contribution in [2.75, 3.05) is 0 Å². The van der Waals surface area contributed by atoms with Crippen LogP contribution in [0.25, 0.3) is 11.6 Å². The summed E-state index contributed by atoms with van der Waals surface area (Å²) in [5, 5.41) is 0. The Kier molecular flexibility index (Phi) is 3.23. The topological polar surface area (TPSA) is 12.9 Å². The molecule has 0 saturated heterocycles. The van der Waals surface area contributed by atoms with Gasteiger partial charge in [-0.1, -0.05) is 33.1 Å². The maximum absolute atomic E-state index is 4.42. The zero-order chi connectivity index (χ0) is 10.7. The molecule has 1 heteroatoms. The molecule has 0 bridgehead atoms. The van der Waals surface area contributed by atoms with E-state index in [9.17, 15) is 0 Å². The molecule has 1 rings (SSSR count). The van der Waals surface area contributed by atoms with Crippen molar-refractivity contribution in [2.45, 2.75) is 20.8 Å². The maximum Gasteiger partial charge on any atom is 0.0701 e. The molecular formula is C13H17N. The Hall–Kier alpha value is -1.37. The maximum atomic E-state index is 4.42. The third-order valence-electron chi connectivity index (χ3n) is 2.30. The molecule has 0 aliphatic heterocycles. The van der Waals surface area contributed by atoms with E-state index in [1.807, 2.05) is 13.0 Å². The summed E-state index contributed by atoms with van der Waals surface area (Å²) in [6.45, 7) is 14.1. The van der Waals surface area contributed by atoms with Crippen molar-refractivity contribution in [3.8, 4) is 0 Å². The van der Waals surface area contributed by atoms with Gasteiger partial charge in [-0.05, 0) is 30.6 Å². The smallest absolute Gasteiger partial charge is 0.0701 e. The van der Waals surface area contributed by atoms with Gasteiger partial charge in [-0.25, -0.2) is 0 Å². The van der Waals surface area contributed by atoms with Crippen molar-refractivity contribution in [2.24, 2.45) is 5.92 Å². The first-order chi connectivity index (χ1) is 6.56. The van der Waals surface area contributed by atoms with Gasteiger partial charge in [0, 0.05) is 11.3 Å². The molecule has 0 aliphatic carbocycles. The van der Waals surface area contributed by atoms with Gasteiger partial charge in [0.1, 0.15) is 0 Å². The SMILES string of the molecule is C=Cc1nc(C)ccc1C(=C)C(C)C. The number of allylic oxidation sites excluding steroid dienone is 1. The van der Waals surface area contributed by atoms with Gasteiger partial charge in [0.05, 0.1) is 5.69 Å². The highest BCUT2D eigenvalue weighted by atomic mass is 14.7. The summed E-state index contributed by atoms with van der Waals surface area (Å²) < 4.78 is 0. The molecule has 0 saturated carbocycles. The molecule has 1 nitrogen and oxygen atoms in total. The minimum atomic E-state index is 0.443. The van der Waals surface area contributed by atoms with Gasteiger partial charge < -0.3 is 0 Å². The van der Waals surface area contributed by atoms with Crippen LogP contribution in [0, 0.1) is 12.8 Å². The Morgan fingerprint density at radius 3 is 2.57 bits per heavy atom. The lowest BCUT2D eigenvalue weighted by molar-refractivity contribution is 0.855. The summed E-state index contributed by atoms with van der Waals surface area (Å²) in [6.07, 6.45) is 1.79. The summed E-state index contributed by atoms with van der Waals surface area (Å²) in [5.41, 5.74) is 4.18. The van der Waals surface area contributed by atoms with Crippen LogP contribution in [0.2, 0.25) is 0 Å². The number of nitrogens with zero attached hydrogens (tertiary/aromatic N) is 1. The van der Waals surface area contributed by atoms with Crippen LogP contribution in [0.4, 0.5) is 0 Å². The summed E-state index contributed by atoms with van der Waals surface area (Å²) in [7, 11) is 0. The number of aryl methyl sites for hydroxylation is 1. The molecule has 0 aliphatic rings. The zero-order valence-electron chi connectivity index (χ0n) is 9.17. The molecule has 74 valence electrons. The first-order valence-electron chi connectivity index (χ1n) is 4.85. The number of pyridine rings is 1. The molecule has 0 atom stereocenters. The quantitative estimate of drug-likeness (QED) is 0.703. The highest BCUT2D eigenvalue weighted by Crippen LogP contribution is 2.24. The van der Waals surface area contributed by atoms with Crippen LogP contribution in [-0.4, -0.2) is 4.98 Å². The molecule has 0 fully saturated rings. The lowest BCUT2D eigenvalue weighted by atomic mass is 9.95. The van der Waals surface area contributed by atoms with Crippen molar-refractivity contribution in [1.82, 2.24) is 4.98 Å². The van der Waals surface area contributed by atoms with E-state index in [4.69, 9.17) is 0 Å². The van der Waals surface area contributed by atoms with Crippen LogP contribution in [0.15, 0.2) is 25.3 Å². The van der Waals surface area contributed by atoms with Gasteiger partial charge in [-0.15, -0.1) is 0 Å². The van der Waals surface area contributed by atoms with E-state index in [-0.39, 0.29) is 0 Å². The van der Waals surface area contributed by atoms with Gasteiger partial charge in [-0.3, -0.25) is 4.98 Å². The lowest BCUT2D eigenvalue weighted by Gasteiger charge is -2.12. The second-order valence-electron chi connectivity index (χ2n) is 3.77. The number of hydrogen-bond donors (Lipinski definition) is 0. The Labute approximate surface area is 86.2 Å². The fourth-order valence-corrected chi connectivity index (χ4v) is 1.31. The Bertz CT molecular complexity index is 361. The molecule has 1 aromatic rings. The normalized spacial score (nSPS) is 10.3. The Balaban J connectivity index is 3.20. The molecule has 0 spiro atoms. The van der Waals surface area contributed by atoms with Crippen molar-refractivity contribution < 1.29 is 0 Å². The van der Waals surface area contributed by atoms with E-state index in [0.29, 0.717) is 5.92 Å². The predicted octanol–water partition coefficient (Wildman–Crippen LogP) is 3.70. The third kappa shape index (κ3) is 2.11. The Morgan fingerprint density at radius 2 is 2.07 bits per heavy atom. The van der Waals surface area contributed by atoms with Crippen LogP contribution >= 0.6 is 0 Å². The van der Waals surface area contributed by atoms with E-state index >= 15 is 0 Å². The van der Waals surface area contributed by atoms with Gasteiger partial charge in [0.2, 0.25) is 0 Å². The molecule has 0 unspecified atom stereocenters. The number of hydrogen-bond acceptors (Lipinski definition) is 1. The van der Waals surface area contributed by atoms with Crippen molar-refractivity contribution >= 4 is 11.6 Å². The summed E-state index contributed by atoms with van der Waals surface area (Å²) in [4.78, 5) is 4.42. The molecule has 0 N–H and O–H groups in total. The number of rotatable bonds is 3.